The van der Waals surface area contributed by atoms with E-state index in [-0.39, 0.29) is 12.5 Å². The number of rotatable bonds is 7. The number of carbonyl (C=O) groups is 2. The van der Waals surface area contributed by atoms with E-state index in [0.29, 0.717) is 16.8 Å². The average molecular weight is 391 g/mol. The molecule has 5 heteroatoms. The van der Waals surface area contributed by atoms with Crippen molar-refractivity contribution in [1.82, 2.24) is 0 Å². The van der Waals surface area contributed by atoms with Crippen LogP contribution >= 0.6 is 11.8 Å². The van der Waals surface area contributed by atoms with Gasteiger partial charge in [0.2, 0.25) is 0 Å². The summed E-state index contributed by atoms with van der Waals surface area (Å²) < 4.78 is 5.04. The standard InChI is InChI=1S/C23H21NO3S/c1-2-27-23(26)20-10-6-7-11-21(20)24-22(25)18-14-12-17(13-15-18)16-28-19-8-4-3-5-9-19/h3-15H,2,16H2,1H3,(H,24,25). The Hall–Kier alpha value is -3.05. The van der Waals surface area contributed by atoms with Crippen LogP contribution in [0.4, 0.5) is 5.69 Å². The van der Waals surface area contributed by atoms with Gasteiger partial charge in [0.1, 0.15) is 0 Å². The highest BCUT2D eigenvalue weighted by atomic mass is 32.2. The van der Waals surface area contributed by atoms with E-state index in [9.17, 15) is 9.59 Å². The number of para-hydroxylation sites is 1. The molecule has 4 nitrogen and oxygen atoms in total. The molecule has 1 amide bonds. The molecule has 0 saturated carbocycles. The van der Waals surface area contributed by atoms with Crippen molar-refractivity contribution >= 4 is 29.3 Å². The van der Waals surface area contributed by atoms with Crippen LogP contribution in [0, 0.1) is 0 Å². The van der Waals surface area contributed by atoms with Gasteiger partial charge >= 0.3 is 5.97 Å². The lowest BCUT2D eigenvalue weighted by Gasteiger charge is -2.10. The van der Waals surface area contributed by atoms with Crippen LogP contribution < -0.4 is 5.32 Å². The molecule has 3 rings (SSSR count). The van der Waals surface area contributed by atoms with Gasteiger partial charge in [-0.25, -0.2) is 4.79 Å². The molecule has 0 aliphatic rings. The molecule has 0 fully saturated rings. The normalized spacial score (nSPS) is 10.3. The summed E-state index contributed by atoms with van der Waals surface area (Å²) in [6.07, 6.45) is 0. The highest BCUT2D eigenvalue weighted by Crippen LogP contribution is 2.23. The van der Waals surface area contributed by atoms with Crippen molar-refractivity contribution < 1.29 is 14.3 Å². The largest absolute Gasteiger partial charge is 0.462 e. The number of amides is 1. The Balaban J connectivity index is 1.65. The molecule has 3 aromatic rings. The zero-order valence-electron chi connectivity index (χ0n) is 15.6. The highest BCUT2D eigenvalue weighted by Gasteiger charge is 2.14. The zero-order valence-corrected chi connectivity index (χ0v) is 16.4. The molecule has 0 aliphatic heterocycles. The topological polar surface area (TPSA) is 55.4 Å². The van der Waals surface area contributed by atoms with Crippen LogP contribution in [-0.2, 0) is 10.5 Å². The molecule has 0 spiro atoms. The van der Waals surface area contributed by atoms with Crippen molar-refractivity contribution in [3.8, 4) is 0 Å². The molecule has 0 bridgehead atoms. The molecule has 0 heterocycles. The number of benzene rings is 3. The van der Waals surface area contributed by atoms with Crippen LogP contribution in [0.3, 0.4) is 0 Å². The number of thioether (sulfide) groups is 1. The van der Waals surface area contributed by atoms with E-state index in [4.69, 9.17) is 4.74 Å². The third-order valence-electron chi connectivity index (χ3n) is 4.04. The van der Waals surface area contributed by atoms with E-state index >= 15 is 0 Å². The Bertz CT molecular complexity index is 940. The van der Waals surface area contributed by atoms with Crippen molar-refractivity contribution in [2.45, 2.75) is 17.6 Å². The maximum Gasteiger partial charge on any atom is 0.340 e. The number of ether oxygens (including phenoxy) is 1. The van der Waals surface area contributed by atoms with E-state index in [1.54, 1.807) is 55.1 Å². The van der Waals surface area contributed by atoms with Gasteiger partial charge in [0.15, 0.2) is 0 Å². The lowest BCUT2D eigenvalue weighted by molar-refractivity contribution is 0.0527. The Labute approximate surface area is 168 Å². The van der Waals surface area contributed by atoms with Crippen molar-refractivity contribution in [2.24, 2.45) is 0 Å². The fraction of sp³-hybridized carbons (Fsp3) is 0.130. The van der Waals surface area contributed by atoms with Crippen molar-refractivity contribution in [1.29, 1.82) is 0 Å². The van der Waals surface area contributed by atoms with E-state index in [1.807, 2.05) is 30.3 Å². The molecule has 0 saturated heterocycles. The summed E-state index contributed by atoms with van der Waals surface area (Å²) in [5.41, 5.74) is 2.45. The molecule has 0 radical (unpaired) electrons. The summed E-state index contributed by atoms with van der Waals surface area (Å²) in [5, 5.41) is 2.80. The predicted molar refractivity (Wildman–Crippen MR) is 113 cm³/mol. The van der Waals surface area contributed by atoms with E-state index in [2.05, 4.69) is 17.4 Å². The molecule has 142 valence electrons. The molecule has 28 heavy (non-hydrogen) atoms. The quantitative estimate of drug-likeness (QED) is 0.432. The summed E-state index contributed by atoms with van der Waals surface area (Å²) in [6.45, 7) is 2.03. The predicted octanol–water partition coefficient (Wildman–Crippen LogP) is 5.41. The van der Waals surface area contributed by atoms with E-state index < -0.39 is 5.97 Å². The van der Waals surface area contributed by atoms with Crippen molar-refractivity contribution in [2.75, 3.05) is 11.9 Å². The molecule has 0 aliphatic carbocycles. The number of hydrogen-bond acceptors (Lipinski definition) is 4. The Morgan fingerprint density at radius 1 is 0.893 bits per heavy atom. The lowest BCUT2D eigenvalue weighted by atomic mass is 10.1. The average Bonchev–Trinajstić information content (AvgIpc) is 2.74. The van der Waals surface area contributed by atoms with Gasteiger partial charge in [0.25, 0.3) is 5.91 Å². The Morgan fingerprint density at radius 3 is 2.29 bits per heavy atom. The fourth-order valence-electron chi connectivity index (χ4n) is 2.61. The number of hydrogen-bond donors (Lipinski definition) is 1. The van der Waals surface area contributed by atoms with Gasteiger partial charge in [0.05, 0.1) is 17.9 Å². The van der Waals surface area contributed by atoms with Crippen LogP contribution in [0.15, 0.2) is 83.8 Å². The smallest absolute Gasteiger partial charge is 0.340 e. The highest BCUT2D eigenvalue weighted by molar-refractivity contribution is 7.98. The van der Waals surface area contributed by atoms with Gasteiger partial charge in [-0.2, -0.15) is 0 Å². The Morgan fingerprint density at radius 2 is 1.57 bits per heavy atom. The van der Waals surface area contributed by atoms with Crippen LogP contribution in [-0.4, -0.2) is 18.5 Å². The first-order chi connectivity index (χ1) is 13.7. The molecule has 3 aromatic carbocycles. The van der Waals surface area contributed by atoms with Gasteiger partial charge < -0.3 is 10.1 Å². The van der Waals surface area contributed by atoms with E-state index in [1.165, 1.54) is 4.90 Å². The minimum absolute atomic E-state index is 0.265. The summed E-state index contributed by atoms with van der Waals surface area (Å²) in [5.74, 6) is 0.114. The third kappa shape index (κ3) is 5.24. The molecular weight excluding hydrogens is 370 g/mol. The number of carbonyl (C=O) groups excluding carboxylic acids is 2. The fourth-order valence-corrected chi connectivity index (χ4v) is 3.48. The molecule has 1 N–H and O–H groups in total. The summed E-state index contributed by atoms with van der Waals surface area (Å²) in [4.78, 5) is 25.8. The van der Waals surface area contributed by atoms with Gasteiger partial charge in [-0.15, -0.1) is 11.8 Å². The second-order valence-electron chi connectivity index (χ2n) is 6.02. The number of anilines is 1. The van der Waals surface area contributed by atoms with Crippen LogP contribution in [0.1, 0.15) is 33.2 Å². The van der Waals surface area contributed by atoms with Crippen LogP contribution in [0.5, 0.6) is 0 Å². The molecule has 0 unspecified atom stereocenters. The Kier molecular flexibility index (Phi) is 6.87. The summed E-state index contributed by atoms with van der Waals surface area (Å²) in [6, 6.07) is 24.5. The first kappa shape index (κ1) is 19.7. The van der Waals surface area contributed by atoms with Crippen molar-refractivity contribution in [3.05, 3.63) is 95.6 Å². The van der Waals surface area contributed by atoms with E-state index in [0.717, 1.165) is 11.3 Å². The van der Waals surface area contributed by atoms with Crippen LogP contribution in [0.2, 0.25) is 0 Å². The number of esters is 1. The number of nitrogens with one attached hydrogen (secondary N) is 1. The molecule has 0 atom stereocenters. The van der Waals surface area contributed by atoms with Gasteiger partial charge in [-0.3, -0.25) is 4.79 Å². The zero-order chi connectivity index (χ0) is 19.8. The van der Waals surface area contributed by atoms with Crippen LogP contribution in [0.25, 0.3) is 0 Å². The molecule has 0 aromatic heterocycles. The van der Waals surface area contributed by atoms with Gasteiger partial charge in [-0.1, -0.05) is 42.5 Å². The minimum Gasteiger partial charge on any atom is -0.462 e. The first-order valence-electron chi connectivity index (χ1n) is 9.01. The third-order valence-corrected chi connectivity index (χ3v) is 5.12. The van der Waals surface area contributed by atoms with Gasteiger partial charge in [-0.05, 0) is 48.9 Å². The monoisotopic (exact) mass is 391 g/mol. The summed E-state index contributed by atoms with van der Waals surface area (Å²) in [7, 11) is 0. The van der Waals surface area contributed by atoms with Gasteiger partial charge in [0, 0.05) is 16.2 Å². The first-order valence-corrected chi connectivity index (χ1v) is 10.00. The second-order valence-corrected chi connectivity index (χ2v) is 7.07. The maximum absolute atomic E-state index is 12.6. The van der Waals surface area contributed by atoms with Crippen molar-refractivity contribution in [3.63, 3.8) is 0 Å². The summed E-state index contributed by atoms with van der Waals surface area (Å²) >= 11 is 1.75. The molecular formula is C23H21NO3S. The second kappa shape index (κ2) is 9.76. The maximum atomic E-state index is 12.6. The minimum atomic E-state index is -0.452. The lowest BCUT2D eigenvalue weighted by Crippen LogP contribution is -2.15. The SMILES string of the molecule is CCOC(=O)c1ccccc1NC(=O)c1ccc(CSc2ccccc2)cc1.